The van der Waals surface area contributed by atoms with Crippen LogP contribution in [0.1, 0.15) is 26.7 Å². The number of fused-ring (bicyclic) bond motifs is 1. The number of amides is 2. The zero-order valence-electron chi connectivity index (χ0n) is 8.62. The van der Waals surface area contributed by atoms with Gasteiger partial charge in [0.25, 0.3) is 0 Å². The molecule has 14 heavy (non-hydrogen) atoms. The summed E-state index contributed by atoms with van der Waals surface area (Å²) in [6.45, 7) is 4.40. The van der Waals surface area contributed by atoms with E-state index in [-0.39, 0.29) is 23.7 Å². The van der Waals surface area contributed by atoms with Gasteiger partial charge in [0.05, 0.1) is 11.8 Å². The molecule has 3 nitrogen and oxygen atoms in total. The van der Waals surface area contributed by atoms with Gasteiger partial charge in [0.2, 0.25) is 11.8 Å². The number of hydrogen-bond donors (Lipinski definition) is 0. The van der Waals surface area contributed by atoms with Crippen molar-refractivity contribution in [3.8, 4) is 0 Å². The molecule has 1 saturated heterocycles. The van der Waals surface area contributed by atoms with Gasteiger partial charge in [0.15, 0.2) is 0 Å². The smallest absolute Gasteiger partial charge is 0.233 e. The third-order valence-electron chi connectivity index (χ3n) is 3.23. The zero-order chi connectivity index (χ0) is 10.3. The molecule has 2 rings (SSSR count). The average Bonchev–Trinajstić information content (AvgIpc) is 2.39. The number of rotatable bonds is 1. The summed E-state index contributed by atoms with van der Waals surface area (Å²) in [5.74, 6) is -0.0557. The molecule has 0 aromatic heterocycles. The number of carbonyl (C=O) groups is 2. The maximum absolute atomic E-state index is 11.8. The van der Waals surface area contributed by atoms with Crippen molar-refractivity contribution in [1.82, 2.24) is 4.90 Å². The Morgan fingerprint density at radius 1 is 1.36 bits per heavy atom. The molecule has 3 heteroatoms. The van der Waals surface area contributed by atoms with E-state index in [0.717, 1.165) is 12.8 Å². The second kappa shape index (κ2) is 3.23. The maximum Gasteiger partial charge on any atom is 0.233 e. The highest BCUT2D eigenvalue weighted by atomic mass is 16.2. The van der Waals surface area contributed by atoms with Crippen LogP contribution in [0.15, 0.2) is 11.6 Å². The van der Waals surface area contributed by atoms with Gasteiger partial charge in [-0.05, 0) is 26.7 Å². The van der Waals surface area contributed by atoms with E-state index in [4.69, 9.17) is 0 Å². The molecule has 2 amide bonds. The van der Waals surface area contributed by atoms with Gasteiger partial charge < -0.3 is 0 Å². The molecule has 2 atom stereocenters. The highest BCUT2D eigenvalue weighted by Crippen LogP contribution is 2.37. The summed E-state index contributed by atoms with van der Waals surface area (Å²) >= 11 is 0. The van der Waals surface area contributed by atoms with Gasteiger partial charge in [-0.1, -0.05) is 11.6 Å². The van der Waals surface area contributed by atoms with Crippen molar-refractivity contribution < 1.29 is 9.59 Å². The zero-order valence-corrected chi connectivity index (χ0v) is 8.62. The third-order valence-corrected chi connectivity index (χ3v) is 3.23. The Bertz CT molecular complexity index is 319. The number of imide groups is 1. The fraction of sp³-hybridized carbons (Fsp3) is 0.636. The maximum atomic E-state index is 11.8. The van der Waals surface area contributed by atoms with Crippen LogP contribution in [0.4, 0.5) is 0 Å². The molecular weight excluding hydrogens is 178 g/mol. The van der Waals surface area contributed by atoms with Crippen LogP contribution in [0, 0.1) is 11.8 Å². The van der Waals surface area contributed by atoms with E-state index in [0.29, 0.717) is 6.54 Å². The second-order valence-corrected chi connectivity index (χ2v) is 4.12. The molecule has 1 heterocycles. The van der Waals surface area contributed by atoms with Crippen LogP contribution < -0.4 is 0 Å². The van der Waals surface area contributed by atoms with Crippen molar-refractivity contribution in [2.75, 3.05) is 6.54 Å². The van der Waals surface area contributed by atoms with Crippen LogP contribution in [0.2, 0.25) is 0 Å². The van der Waals surface area contributed by atoms with E-state index >= 15 is 0 Å². The Labute approximate surface area is 83.8 Å². The largest absolute Gasteiger partial charge is 0.282 e. The van der Waals surface area contributed by atoms with Gasteiger partial charge >= 0.3 is 0 Å². The van der Waals surface area contributed by atoms with Gasteiger partial charge in [0.1, 0.15) is 0 Å². The molecule has 2 aliphatic rings. The molecule has 1 aliphatic carbocycles. The molecule has 0 aromatic carbocycles. The molecule has 1 aliphatic heterocycles. The van der Waals surface area contributed by atoms with E-state index in [1.54, 1.807) is 0 Å². The Balaban J connectivity index is 2.27. The lowest BCUT2D eigenvalue weighted by molar-refractivity contribution is -0.139. The van der Waals surface area contributed by atoms with E-state index in [1.807, 2.05) is 13.8 Å². The van der Waals surface area contributed by atoms with Gasteiger partial charge in [-0.3, -0.25) is 14.5 Å². The van der Waals surface area contributed by atoms with Crippen molar-refractivity contribution in [2.24, 2.45) is 11.8 Å². The van der Waals surface area contributed by atoms with Crippen molar-refractivity contribution in [3.05, 3.63) is 11.6 Å². The van der Waals surface area contributed by atoms with Crippen LogP contribution in [-0.4, -0.2) is 23.3 Å². The van der Waals surface area contributed by atoms with Crippen LogP contribution in [0.25, 0.3) is 0 Å². The summed E-state index contributed by atoms with van der Waals surface area (Å²) in [6.07, 6.45) is 3.61. The highest BCUT2D eigenvalue weighted by molar-refractivity contribution is 6.05. The van der Waals surface area contributed by atoms with Crippen LogP contribution in [0.5, 0.6) is 0 Å². The minimum atomic E-state index is -0.0638. The highest BCUT2D eigenvalue weighted by Gasteiger charge is 2.47. The molecule has 1 fully saturated rings. The van der Waals surface area contributed by atoms with Gasteiger partial charge in [-0.2, -0.15) is 0 Å². The first-order valence-electron chi connectivity index (χ1n) is 5.16. The number of hydrogen-bond acceptors (Lipinski definition) is 2. The minimum absolute atomic E-state index is 0.0336. The molecule has 0 aromatic rings. The minimum Gasteiger partial charge on any atom is -0.282 e. The monoisotopic (exact) mass is 193 g/mol. The molecule has 0 N–H and O–H groups in total. The van der Waals surface area contributed by atoms with E-state index in [9.17, 15) is 9.59 Å². The Kier molecular flexibility index (Phi) is 2.17. The van der Waals surface area contributed by atoms with E-state index in [1.165, 1.54) is 10.5 Å². The summed E-state index contributed by atoms with van der Waals surface area (Å²) in [7, 11) is 0. The van der Waals surface area contributed by atoms with E-state index in [2.05, 4.69) is 6.08 Å². The van der Waals surface area contributed by atoms with Crippen molar-refractivity contribution in [2.45, 2.75) is 26.7 Å². The standard InChI is InChI=1S/C11H15NO2/c1-3-12-10(13)8-5-4-7(2)6-9(8)11(12)14/h4,8-9H,3,5-6H2,1-2H3/t8-,9+/m0/s1. The van der Waals surface area contributed by atoms with Crippen molar-refractivity contribution in [3.63, 3.8) is 0 Å². The second-order valence-electron chi connectivity index (χ2n) is 4.12. The predicted molar refractivity (Wildman–Crippen MR) is 52.4 cm³/mol. The summed E-state index contributed by atoms with van der Waals surface area (Å²) in [5.41, 5.74) is 1.24. The molecule has 76 valence electrons. The third kappa shape index (κ3) is 1.19. The van der Waals surface area contributed by atoms with Gasteiger partial charge in [-0.15, -0.1) is 0 Å². The molecule has 0 spiro atoms. The molecular formula is C11H15NO2. The van der Waals surface area contributed by atoms with Crippen LogP contribution in [0.3, 0.4) is 0 Å². The van der Waals surface area contributed by atoms with E-state index < -0.39 is 0 Å². The summed E-state index contributed by atoms with van der Waals surface area (Å²) in [6, 6.07) is 0. The predicted octanol–water partition coefficient (Wildman–Crippen LogP) is 1.35. The number of nitrogens with zero attached hydrogens (tertiary/aromatic N) is 1. The van der Waals surface area contributed by atoms with Crippen molar-refractivity contribution in [1.29, 1.82) is 0 Å². The molecule has 0 unspecified atom stereocenters. The quantitative estimate of drug-likeness (QED) is 0.465. The first kappa shape index (κ1) is 9.44. The molecule has 0 radical (unpaired) electrons. The topological polar surface area (TPSA) is 37.4 Å². The SMILES string of the molecule is CCN1C(=O)[C@H]2CC=C(C)C[C@H]2C1=O. The number of carbonyl (C=O) groups excluding carboxylic acids is 2. The fourth-order valence-corrected chi connectivity index (χ4v) is 2.42. The Morgan fingerprint density at radius 3 is 2.64 bits per heavy atom. The summed E-state index contributed by atoms with van der Waals surface area (Å²) in [5, 5.41) is 0. The molecule has 0 bridgehead atoms. The fourth-order valence-electron chi connectivity index (χ4n) is 2.42. The Morgan fingerprint density at radius 2 is 2.00 bits per heavy atom. The van der Waals surface area contributed by atoms with Gasteiger partial charge in [0, 0.05) is 6.54 Å². The molecule has 0 saturated carbocycles. The first-order valence-corrected chi connectivity index (χ1v) is 5.16. The van der Waals surface area contributed by atoms with Crippen LogP contribution >= 0.6 is 0 Å². The Hall–Kier alpha value is -1.12. The lowest BCUT2D eigenvalue weighted by Gasteiger charge is -2.19. The number of likely N-dealkylation sites (tertiary alicyclic amines) is 1. The summed E-state index contributed by atoms with van der Waals surface area (Å²) in [4.78, 5) is 25.0. The average molecular weight is 193 g/mol. The lowest BCUT2D eigenvalue weighted by atomic mass is 9.82. The van der Waals surface area contributed by atoms with Gasteiger partial charge in [-0.25, -0.2) is 0 Å². The lowest BCUT2D eigenvalue weighted by Crippen LogP contribution is -2.30. The normalized spacial score (nSPS) is 31.9. The summed E-state index contributed by atoms with van der Waals surface area (Å²) < 4.78 is 0. The number of allylic oxidation sites excluding steroid dienone is 2. The first-order chi connectivity index (χ1) is 6.65. The van der Waals surface area contributed by atoms with Crippen LogP contribution in [-0.2, 0) is 9.59 Å². The van der Waals surface area contributed by atoms with Crippen molar-refractivity contribution >= 4 is 11.8 Å².